The molecule has 1 aromatic carbocycles. The van der Waals surface area contributed by atoms with Gasteiger partial charge in [-0.3, -0.25) is 14.5 Å². The number of methoxy groups -OCH3 is 1. The van der Waals surface area contributed by atoms with Gasteiger partial charge in [-0.2, -0.15) is 11.3 Å². The molecular formula is C17H15NO4S2. The molecule has 0 spiro atoms. The van der Waals surface area contributed by atoms with E-state index in [2.05, 4.69) is 0 Å². The smallest absolute Gasteiger partial charge is 0.293 e. The summed E-state index contributed by atoms with van der Waals surface area (Å²) >= 11 is 2.50. The third-order valence-electron chi connectivity index (χ3n) is 3.36. The highest BCUT2D eigenvalue weighted by atomic mass is 32.2. The van der Waals surface area contributed by atoms with E-state index in [4.69, 9.17) is 9.47 Å². The molecule has 2 heterocycles. The van der Waals surface area contributed by atoms with Gasteiger partial charge in [0.1, 0.15) is 6.61 Å². The van der Waals surface area contributed by atoms with Crippen LogP contribution in [0.15, 0.2) is 46.0 Å². The summed E-state index contributed by atoms with van der Waals surface area (Å²) in [5.74, 6) is 0.921. The first kappa shape index (κ1) is 16.6. The normalized spacial score (nSPS) is 16.0. The molecule has 1 saturated heterocycles. The van der Waals surface area contributed by atoms with Crippen molar-refractivity contribution >= 4 is 40.3 Å². The minimum atomic E-state index is -0.278. The summed E-state index contributed by atoms with van der Waals surface area (Å²) in [4.78, 5) is 26.0. The number of carbonyl (C=O) groups is 2. The Morgan fingerprint density at radius 1 is 1.17 bits per heavy atom. The lowest BCUT2D eigenvalue weighted by Crippen LogP contribution is -2.32. The van der Waals surface area contributed by atoms with Crippen LogP contribution in [0.1, 0.15) is 5.56 Å². The molecule has 2 amide bonds. The third kappa shape index (κ3) is 3.63. The number of carbonyl (C=O) groups excluding carboxylic acids is 2. The van der Waals surface area contributed by atoms with Crippen LogP contribution in [0.2, 0.25) is 0 Å². The maximum atomic E-state index is 12.3. The van der Waals surface area contributed by atoms with Crippen molar-refractivity contribution in [3.63, 3.8) is 0 Å². The van der Waals surface area contributed by atoms with E-state index in [0.29, 0.717) is 16.4 Å². The molecule has 0 atom stereocenters. The maximum absolute atomic E-state index is 12.3. The van der Waals surface area contributed by atoms with Crippen LogP contribution in [-0.2, 0) is 4.79 Å². The van der Waals surface area contributed by atoms with Crippen LogP contribution >= 0.6 is 23.1 Å². The Labute approximate surface area is 147 Å². The van der Waals surface area contributed by atoms with Crippen LogP contribution in [0.5, 0.6) is 11.5 Å². The number of rotatable bonds is 6. The SMILES string of the molecule is COc1ccccc1OCCN1C(=O)S/C(=C\c2ccsc2)C1=O. The summed E-state index contributed by atoms with van der Waals surface area (Å²) in [6, 6.07) is 9.16. The summed E-state index contributed by atoms with van der Waals surface area (Å²) < 4.78 is 10.8. The maximum Gasteiger partial charge on any atom is 0.293 e. The van der Waals surface area contributed by atoms with Gasteiger partial charge in [0.05, 0.1) is 18.6 Å². The average molecular weight is 361 g/mol. The number of para-hydroxylation sites is 2. The molecule has 0 aliphatic carbocycles. The summed E-state index contributed by atoms with van der Waals surface area (Å²) in [5, 5.41) is 3.58. The molecule has 3 rings (SSSR count). The lowest BCUT2D eigenvalue weighted by atomic mass is 10.3. The number of benzene rings is 1. The Bertz CT molecular complexity index is 771. The molecule has 124 valence electrons. The van der Waals surface area contributed by atoms with Crippen molar-refractivity contribution in [2.24, 2.45) is 0 Å². The number of nitrogens with zero attached hydrogens (tertiary/aromatic N) is 1. The largest absolute Gasteiger partial charge is 0.493 e. The van der Waals surface area contributed by atoms with Crippen molar-refractivity contribution in [1.29, 1.82) is 0 Å². The molecule has 24 heavy (non-hydrogen) atoms. The summed E-state index contributed by atoms with van der Waals surface area (Å²) in [7, 11) is 1.56. The van der Waals surface area contributed by atoms with Crippen molar-refractivity contribution in [1.82, 2.24) is 4.90 Å². The van der Waals surface area contributed by atoms with Crippen molar-refractivity contribution in [2.45, 2.75) is 0 Å². The number of hydrogen-bond donors (Lipinski definition) is 0. The first-order chi connectivity index (χ1) is 11.7. The van der Waals surface area contributed by atoms with Gasteiger partial charge >= 0.3 is 0 Å². The fourth-order valence-electron chi connectivity index (χ4n) is 2.19. The van der Waals surface area contributed by atoms with Crippen LogP contribution in [0.3, 0.4) is 0 Å². The van der Waals surface area contributed by atoms with Gasteiger partial charge in [-0.25, -0.2) is 0 Å². The van der Waals surface area contributed by atoms with E-state index in [0.717, 1.165) is 17.3 Å². The predicted octanol–water partition coefficient (Wildman–Crippen LogP) is 3.87. The first-order valence-corrected chi connectivity index (χ1v) is 8.98. The zero-order valence-electron chi connectivity index (χ0n) is 12.9. The van der Waals surface area contributed by atoms with Crippen LogP contribution in [0.4, 0.5) is 4.79 Å². The summed E-state index contributed by atoms with van der Waals surface area (Å²) in [6.45, 7) is 0.411. The van der Waals surface area contributed by atoms with E-state index < -0.39 is 0 Å². The first-order valence-electron chi connectivity index (χ1n) is 7.22. The highest BCUT2D eigenvalue weighted by Gasteiger charge is 2.34. The molecule has 0 bridgehead atoms. The topological polar surface area (TPSA) is 55.8 Å². The Morgan fingerprint density at radius 3 is 2.67 bits per heavy atom. The van der Waals surface area contributed by atoms with E-state index in [1.165, 1.54) is 4.90 Å². The number of thiophene rings is 1. The average Bonchev–Trinajstić information content (AvgIpc) is 3.19. The van der Waals surface area contributed by atoms with E-state index in [-0.39, 0.29) is 24.3 Å². The predicted molar refractivity (Wildman–Crippen MR) is 95.5 cm³/mol. The van der Waals surface area contributed by atoms with Crippen molar-refractivity contribution < 1.29 is 19.1 Å². The van der Waals surface area contributed by atoms with E-state index in [9.17, 15) is 9.59 Å². The molecule has 1 aliphatic heterocycles. The Hall–Kier alpha value is -2.25. The van der Waals surface area contributed by atoms with E-state index in [1.54, 1.807) is 36.7 Å². The third-order valence-corrected chi connectivity index (χ3v) is 4.96. The van der Waals surface area contributed by atoms with Crippen LogP contribution < -0.4 is 9.47 Å². The fraction of sp³-hybridized carbons (Fsp3) is 0.176. The van der Waals surface area contributed by atoms with Gasteiger partial charge in [0.25, 0.3) is 11.1 Å². The molecule has 0 unspecified atom stereocenters. The van der Waals surface area contributed by atoms with Crippen LogP contribution in [0, 0.1) is 0 Å². The van der Waals surface area contributed by atoms with Crippen molar-refractivity contribution in [3.05, 3.63) is 51.6 Å². The second-order valence-electron chi connectivity index (χ2n) is 4.89. The van der Waals surface area contributed by atoms with E-state index in [1.807, 2.05) is 29.0 Å². The Balaban J connectivity index is 1.61. The van der Waals surface area contributed by atoms with Crippen LogP contribution in [0.25, 0.3) is 6.08 Å². The van der Waals surface area contributed by atoms with Gasteiger partial charge in [-0.1, -0.05) is 12.1 Å². The lowest BCUT2D eigenvalue weighted by molar-refractivity contribution is -0.123. The second kappa shape index (κ2) is 7.55. The van der Waals surface area contributed by atoms with Gasteiger partial charge in [0.15, 0.2) is 11.5 Å². The molecule has 7 heteroatoms. The Morgan fingerprint density at radius 2 is 1.96 bits per heavy atom. The lowest BCUT2D eigenvalue weighted by Gasteiger charge is -2.14. The number of imide groups is 1. The fourth-order valence-corrected chi connectivity index (χ4v) is 3.67. The highest BCUT2D eigenvalue weighted by molar-refractivity contribution is 8.18. The monoisotopic (exact) mass is 361 g/mol. The van der Waals surface area contributed by atoms with Gasteiger partial charge in [0, 0.05) is 0 Å². The minimum absolute atomic E-state index is 0.198. The van der Waals surface area contributed by atoms with E-state index >= 15 is 0 Å². The van der Waals surface area contributed by atoms with Gasteiger partial charge in [0.2, 0.25) is 0 Å². The molecule has 0 saturated carbocycles. The number of ether oxygens (including phenoxy) is 2. The Kier molecular flexibility index (Phi) is 5.22. The molecule has 1 aliphatic rings. The number of hydrogen-bond acceptors (Lipinski definition) is 6. The number of amides is 2. The zero-order valence-corrected chi connectivity index (χ0v) is 14.6. The molecule has 1 aromatic heterocycles. The molecule has 0 N–H and O–H groups in total. The van der Waals surface area contributed by atoms with Gasteiger partial charge < -0.3 is 9.47 Å². The number of thioether (sulfide) groups is 1. The quantitative estimate of drug-likeness (QED) is 0.731. The van der Waals surface area contributed by atoms with Crippen LogP contribution in [-0.4, -0.2) is 36.3 Å². The molecule has 1 fully saturated rings. The second-order valence-corrected chi connectivity index (χ2v) is 6.66. The van der Waals surface area contributed by atoms with Crippen molar-refractivity contribution in [2.75, 3.05) is 20.3 Å². The minimum Gasteiger partial charge on any atom is -0.493 e. The summed E-state index contributed by atoms with van der Waals surface area (Å²) in [5.41, 5.74) is 0.927. The van der Waals surface area contributed by atoms with Gasteiger partial charge in [-0.05, 0) is 52.4 Å². The molecule has 2 aromatic rings. The summed E-state index contributed by atoms with van der Waals surface area (Å²) in [6.07, 6.45) is 1.74. The van der Waals surface area contributed by atoms with Crippen molar-refractivity contribution in [3.8, 4) is 11.5 Å². The zero-order chi connectivity index (χ0) is 16.9. The molecular weight excluding hydrogens is 346 g/mol. The molecule has 5 nitrogen and oxygen atoms in total. The highest BCUT2D eigenvalue weighted by Crippen LogP contribution is 2.32. The van der Waals surface area contributed by atoms with Gasteiger partial charge in [-0.15, -0.1) is 0 Å². The standard InChI is InChI=1S/C17H15NO4S2/c1-21-13-4-2-3-5-14(13)22-8-7-18-16(19)15(24-17(18)20)10-12-6-9-23-11-12/h2-6,9-11H,7-8H2,1H3/b15-10-. The molecule has 0 radical (unpaired) electrons.